The summed E-state index contributed by atoms with van der Waals surface area (Å²) in [6.45, 7) is 14.9. The molecule has 0 aromatic carbocycles. The SMILES string of the molecule is CCCCCCCCC=CCCCCCCCC(=O)O[14CH]1CC[C@@]2(C)C(=CCC3C2CC[C@@]2(C)C3CC[C@@H]2[C@H](C)CCCC(C)C)C1. The first kappa shape index (κ1) is 38.7. The number of hydrogen-bond donors (Lipinski definition) is 0. The molecule has 0 heterocycles. The minimum atomic E-state index is 0.0541. The largest absolute Gasteiger partial charge is 0.462 e. The first-order valence-electron chi connectivity index (χ1n) is 21.2. The Morgan fingerprint density at radius 3 is 2.23 bits per heavy atom. The molecule has 2 nitrogen and oxygen atoms in total. The van der Waals surface area contributed by atoms with E-state index in [9.17, 15) is 4.79 Å². The second-order valence-corrected chi connectivity index (χ2v) is 18.0. The summed E-state index contributed by atoms with van der Waals surface area (Å²) in [7, 11) is 0. The maximum atomic E-state index is 12.8. The van der Waals surface area contributed by atoms with E-state index in [4.69, 9.17) is 4.74 Å². The molecule has 4 unspecified atom stereocenters. The number of unbranched alkanes of at least 4 members (excludes halogenated alkanes) is 11. The molecule has 0 amide bonds. The van der Waals surface area contributed by atoms with Crippen LogP contribution in [-0.4, -0.2) is 12.1 Å². The quantitative estimate of drug-likeness (QED) is 0.0700. The van der Waals surface area contributed by atoms with E-state index in [1.807, 2.05) is 0 Å². The van der Waals surface area contributed by atoms with Crippen LogP contribution in [0.5, 0.6) is 0 Å². The minimum Gasteiger partial charge on any atom is -0.462 e. The molecule has 0 aromatic rings. The summed E-state index contributed by atoms with van der Waals surface area (Å²) in [5.74, 6) is 5.31. The number of rotatable bonds is 21. The fourth-order valence-electron chi connectivity index (χ4n) is 11.3. The van der Waals surface area contributed by atoms with Gasteiger partial charge >= 0.3 is 5.97 Å². The van der Waals surface area contributed by atoms with Crippen LogP contribution < -0.4 is 0 Å². The predicted octanol–water partition coefficient (Wildman–Crippen LogP) is 14.0. The molecule has 0 radical (unpaired) electrons. The zero-order valence-electron chi connectivity index (χ0n) is 32.3. The Morgan fingerprint density at radius 1 is 0.851 bits per heavy atom. The summed E-state index contributed by atoms with van der Waals surface area (Å²) in [6.07, 6.45) is 39.5. The van der Waals surface area contributed by atoms with E-state index in [0.717, 1.165) is 61.2 Å². The van der Waals surface area contributed by atoms with Crippen LogP contribution >= 0.6 is 0 Å². The number of allylic oxidation sites excluding steroid dienone is 3. The summed E-state index contributed by atoms with van der Waals surface area (Å²) < 4.78 is 6.12. The van der Waals surface area contributed by atoms with Crippen LogP contribution in [0.25, 0.3) is 0 Å². The molecule has 4 rings (SSSR count). The Hall–Kier alpha value is -1.05. The maximum absolute atomic E-state index is 12.8. The lowest BCUT2D eigenvalue weighted by atomic mass is 9.48. The Morgan fingerprint density at radius 2 is 1.53 bits per heavy atom. The van der Waals surface area contributed by atoms with Gasteiger partial charge in [0.25, 0.3) is 0 Å². The van der Waals surface area contributed by atoms with Crippen LogP contribution in [-0.2, 0) is 9.53 Å². The molecule has 0 spiro atoms. The van der Waals surface area contributed by atoms with Crippen LogP contribution in [0.2, 0.25) is 0 Å². The fraction of sp³-hybridized carbons (Fsp3) is 0.889. The molecule has 0 aliphatic heterocycles. The lowest BCUT2D eigenvalue weighted by Crippen LogP contribution is -2.51. The van der Waals surface area contributed by atoms with Crippen molar-refractivity contribution in [2.45, 2.75) is 208 Å². The number of hydrogen-bond acceptors (Lipinski definition) is 2. The second-order valence-electron chi connectivity index (χ2n) is 18.0. The highest BCUT2D eigenvalue weighted by Gasteiger charge is 2.59. The topological polar surface area (TPSA) is 26.3 Å². The third-order valence-electron chi connectivity index (χ3n) is 14.2. The van der Waals surface area contributed by atoms with Crippen molar-refractivity contribution in [3.63, 3.8) is 0 Å². The van der Waals surface area contributed by atoms with Gasteiger partial charge in [-0.1, -0.05) is 136 Å². The summed E-state index contributed by atoms with van der Waals surface area (Å²) in [4.78, 5) is 12.8. The number of carbonyl (C=O) groups excluding carboxylic acids is 1. The third-order valence-corrected chi connectivity index (χ3v) is 14.2. The summed E-state index contributed by atoms with van der Waals surface area (Å²) in [5.41, 5.74) is 2.53. The van der Waals surface area contributed by atoms with Gasteiger partial charge in [0.05, 0.1) is 0 Å². The Kier molecular flexibility index (Phi) is 16.0. The fourth-order valence-corrected chi connectivity index (χ4v) is 11.3. The molecule has 2 heteroatoms. The van der Waals surface area contributed by atoms with Gasteiger partial charge in [0.15, 0.2) is 0 Å². The standard InChI is InChI=1S/C45H78O2/c1-7-8-9-10-11-12-13-14-15-16-17-18-19-20-21-25-43(46)47-38-30-32-44(5)37(34-38)26-27-39-41-29-28-40(36(4)24-22-23-35(2)3)45(41,6)33-31-42(39)44/h14-15,26,35-36,38-42H,7-13,16-25,27-34H2,1-6H3/t36-,38?,39?,40-,41?,42?,44+,45-/m1/s1/i38+2. The van der Waals surface area contributed by atoms with Crippen LogP contribution in [0.3, 0.4) is 0 Å². The molecule has 3 fully saturated rings. The van der Waals surface area contributed by atoms with Gasteiger partial charge < -0.3 is 4.74 Å². The zero-order chi connectivity index (χ0) is 33.7. The van der Waals surface area contributed by atoms with Crippen molar-refractivity contribution in [2.75, 3.05) is 0 Å². The molecular formula is C45H78O2. The van der Waals surface area contributed by atoms with Crippen LogP contribution in [0.1, 0.15) is 202 Å². The number of ether oxygens (including phenoxy) is 1. The first-order valence-corrected chi connectivity index (χ1v) is 21.2. The lowest BCUT2D eigenvalue weighted by molar-refractivity contribution is -0.151. The van der Waals surface area contributed by atoms with Gasteiger partial charge in [-0.05, 0) is 123 Å². The predicted molar refractivity (Wildman–Crippen MR) is 202 cm³/mol. The van der Waals surface area contributed by atoms with E-state index in [1.165, 1.54) is 128 Å². The second kappa shape index (κ2) is 19.4. The van der Waals surface area contributed by atoms with Gasteiger partial charge in [-0.2, -0.15) is 0 Å². The molecule has 47 heavy (non-hydrogen) atoms. The number of carbonyl (C=O) groups is 1. The first-order chi connectivity index (χ1) is 22.7. The minimum absolute atomic E-state index is 0.0541. The Labute approximate surface area is 293 Å². The Bertz CT molecular complexity index is 976. The van der Waals surface area contributed by atoms with E-state index in [1.54, 1.807) is 5.57 Å². The van der Waals surface area contributed by atoms with Crippen molar-refractivity contribution >= 4 is 5.97 Å². The van der Waals surface area contributed by atoms with E-state index in [0.29, 0.717) is 17.3 Å². The molecule has 0 aromatic heterocycles. The monoisotopic (exact) mass is 653 g/mol. The lowest BCUT2D eigenvalue weighted by Gasteiger charge is -2.58. The van der Waals surface area contributed by atoms with E-state index < -0.39 is 0 Å². The van der Waals surface area contributed by atoms with Crippen molar-refractivity contribution in [3.05, 3.63) is 23.8 Å². The van der Waals surface area contributed by atoms with Crippen molar-refractivity contribution in [3.8, 4) is 0 Å². The van der Waals surface area contributed by atoms with E-state index in [-0.39, 0.29) is 12.1 Å². The zero-order valence-corrected chi connectivity index (χ0v) is 32.3. The van der Waals surface area contributed by atoms with Crippen molar-refractivity contribution in [2.24, 2.45) is 46.3 Å². The van der Waals surface area contributed by atoms with Gasteiger partial charge in [0, 0.05) is 12.8 Å². The smallest absolute Gasteiger partial charge is 0.306 e. The number of esters is 1. The molecule has 0 N–H and O–H groups in total. The van der Waals surface area contributed by atoms with Gasteiger partial charge in [-0.25, -0.2) is 0 Å². The number of fused-ring (bicyclic) bond motifs is 5. The molecule has 0 bridgehead atoms. The average Bonchev–Trinajstić information content (AvgIpc) is 3.40. The highest BCUT2D eigenvalue weighted by Crippen LogP contribution is 2.67. The van der Waals surface area contributed by atoms with Crippen LogP contribution in [0.4, 0.5) is 0 Å². The van der Waals surface area contributed by atoms with Crippen molar-refractivity contribution in [1.29, 1.82) is 0 Å². The molecular weight excluding hydrogens is 574 g/mol. The van der Waals surface area contributed by atoms with Crippen molar-refractivity contribution < 1.29 is 9.53 Å². The average molecular weight is 653 g/mol. The molecule has 4 aliphatic carbocycles. The molecule has 8 atom stereocenters. The van der Waals surface area contributed by atoms with Crippen molar-refractivity contribution in [1.82, 2.24) is 0 Å². The Balaban J connectivity index is 1.12. The van der Waals surface area contributed by atoms with E-state index in [2.05, 4.69) is 59.8 Å². The van der Waals surface area contributed by atoms with Gasteiger partial charge in [0.1, 0.15) is 6.10 Å². The highest BCUT2D eigenvalue weighted by atomic mass is 16.7. The summed E-state index contributed by atoms with van der Waals surface area (Å²) >= 11 is 0. The molecule has 3 saturated carbocycles. The summed E-state index contributed by atoms with van der Waals surface area (Å²) in [6, 6.07) is 0. The maximum Gasteiger partial charge on any atom is 0.306 e. The van der Waals surface area contributed by atoms with E-state index >= 15 is 0 Å². The van der Waals surface area contributed by atoms with Gasteiger partial charge in [-0.3, -0.25) is 4.79 Å². The third kappa shape index (κ3) is 10.7. The molecule has 4 aliphatic rings. The van der Waals surface area contributed by atoms with Gasteiger partial charge in [-0.15, -0.1) is 0 Å². The molecule has 270 valence electrons. The van der Waals surface area contributed by atoms with Crippen LogP contribution in [0, 0.1) is 46.3 Å². The normalized spacial score (nSPS) is 32.6. The van der Waals surface area contributed by atoms with Crippen LogP contribution in [0.15, 0.2) is 23.8 Å². The van der Waals surface area contributed by atoms with Gasteiger partial charge in [0.2, 0.25) is 0 Å². The molecule has 0 saturated heterocycles. The summed E-state index contributed by atoms with van der Waals surface area (Å²) in [5, 5.41) is 0. The highest BCUT2D eigenvalue weighted by molar-refractivity contribution is 5.69.